The van der Waals surface area contributed by atoms with E-state index in [0.717, 1.165) is 12.0 Å². The van der Waals surface area contributed by atoms with Crippen LogP contribution in [-0.4, -0.2) is 22.4 Å². The Balaban J connectivity index is 2.42. The molecule has 0 bridgehead atoms. The predicted molar refractivity (Wildman–Crippen MR) is 73.0 cm³/mol. The van der Waals surface area contributed by atoms with Crippen LogP contribution in [0.3, 0.4) is 0 Å². The van der Waals surface area contributed by atoms with Gasteiger partial charge < -0.3 is 10.6 Å². The molecule has 1 amide bonds. The van der Waals surface area contributed by atoms with E-state index in [2.05, 4.69) is 32.9 Å². The molecule has 1 saturated heterocycles. The van der Waals surface area contributed by atoms with Gasteiger partial charge >= 0.3 is 0 Å². The molecule has 1 fully saturated rings. The number of amides is 1. The van der Waals surface area contributed by atoms with Crippen LogP contribution < -0.4 is 5.73 Å². The molecular weight excluding hydrogens is 224 g/mol. The Morgan fingerprint density at radius 2 is 1.83 bits per heavy atom. The third-order valence-electron chi connectivity index (χ3n) is 3.51. The Kier molecular flexibility index (Phi) is 3.44. The van der Waals surface area contributed by atoms with Gasteiger partial charge in [0.25, 0.3) is 0 Å². The van der Waals surface area contributed by atoms with E-state index in [1.165, 1.54) is 0 Å². The second-order valence-corrected chi connectivity index (χ2v) is 5.99. The van der Waals surface area contributed by atoms with Gasteiger partial charge in [-0.25, -0.2) is 0 Å². The molecule has 3 nitrogen and oxygen atoms in total. The normalized spacial score (nSPS) is 25.3. The Labute approximate surface area is 109 Å². The fourth-order valence-corrected chi connectivity index (χ4v) is 2.75. The Morgan fingerprint density at radius 1 is 1.22 bits per heavy atom. The fraction of sp³-hybridized carbons (Fsp3) is 0.533. The lowest BCUT2D eigenvalue weighted by molar-refractivity contribution is -0.144. The minimum absolute atomic E-state index is 0.00699. The number of hydrogen-bond acceptors (Lipinski definition) is 2. The van der Waals surface area contributed by atoms with Crippen molar-refractivity contribution in [2.45, 2.75) is 51.2 Å². The van der Waals surface area contributed by atoms with Crippen LogP contribution in [0.1, 0.15) is 45.2 Å². The minimum atomic E-state index is -0.199. The highest BCUT2D eigenvalue weighted by Gasteiger charge is 2.40. The first kappa shape index (κ1) is 13.1. The topological polar surface area (TPSA) is 46.3 Å². The van der Waals surface area contributed by atoms with Crippen molar-refractivity contribution in [3.63, 3.8) is 0 Å². The predicted octanol–water partition coefficient (Wildman–Crippen LogP) is 2.48. The summed E-state index contributed by atoms with van der Waals surface area (Å²) in [6.07, 6.45) is 1.33. The van der Waals surface area contributed by atoms with Crippen molar-refractivity contribution in [1.29, 1.82) is 0 Å². The Hall–Kier alpha value is -1.35. The smallest absolute Gasteiger partial charge is 0.223 e. The maximum Gasteiger partial charge on any atom is 0.223 e. The Bertz CT molecular complexity index is 422. The quantitative estimate of drug-likeness (QED) is 0.827. The molecule has 18 heavy (non-hydrogen) atoms. The van der Waals surface area contributed by atoms with Crippen molar-refractivity contribution < 1.29 is 4.79 Å². The summed E-state index contributed by atoms with van der Waals surface area (Å²) in [5.74, 6) is 0.207. The number of nitrogens with two attached hydrogens (primary N) is 1. The van der Waals surface area contributed by atoms with Crippen molar-refractivity contribution in [3.05, 3.63) is 35.9 Å². The molecule has 1 aromatic carbocycles. The van der Waals surface area contributed by atoms with E-state index in [1.54, 1.807) is 0 Å². The van der Waals surface area contributed by atoms with E-state index < -0.39 is 0 Å². The fourth-order valence-electron chi connectivity index (χ4n) is 2.75. The lowest BCUT2D eigenvalue weighted by Crippen LogP contribution is -2.56. The van der Waals surface area contributed by atoms with Gasteiger partial charge in [-0.2, -0.15) is 0 Å². The molecule has 2 atom stereocenters. The van der Waals surface area contributed by atoms with Gasteiger partial charge in [-0.1, -0.05) is 30.3 Å². The van der Waals surface area contributed by atoms with Crippen molar-refractivity contribution in [2.24, 2.45) is 5.73 Å². The Morgan fingerprint density at radius 3 is 2.39 bits per heavy atom. The number of benzene rings is 1. The molecule has 2 unspecified atom stereocenters. The minimum Gasteiger partial charge on any atom is -0.329 e. The third-order valence-corrected chi connectivity index (χ3v) is 3.51. The maximum atomic E-state index is 12.2. The van der Waals surface area contributed by atoms with Gasteiger partial charge in [-0.15, -0.1) is 0 Å². The van der Waals surface area contributed by atoms with Gasteiger partial charge in [0, 0.05) is 18.0 Å². The average Bonchev–Trinajstić information content (AvgIpc) is 2.31. The molecule has 0 aliphatic carbocycles. The lowest BCUT2D eigenvalue weighted by atomic mass is 9.86. The number of likely N-dealkylation sites (tertiary alicyclic amines) is 1. The van der Waals surface area contributed by atoms with E-state index in [1.807, 2.05) is 23.1 Å². The summed E-state index contributed by atoms with van der Waals surface area (Å²) in [4.78, 5) is 14.2. The molecule has 2 N–H and O–H groups in total. The summed E-state index contributed by atoms with van der Waals surface area (Å²) < 4.78 is 0. The van der Waals surface area contributed by atoms with Crippen molar-refractivity contribution in [1.82, 2.24) is 4.90 Å². The molecular formula is C15H22N2O. The van der Waals surface area contributed by atoms with Crippen LogP contribution in [0.2, 0.25) is 0 Å². The number of rotatable bonds is 1. The number of nitrogens with zero attached hydrogens (tertiary/aromatic N) is 1. The van der Waals surface area contributed by atoms with Crippen LogP contribution in [-0.2, 0) is 4.79 Å². The summed E-state index contributed by atoms with van der Waals surface area (Å²) in [6.45, 7) is 6.20. The largest absolute Gasteiger partial charge is 0.329 e. The van der Waals surface area contributed by atoms with Crippen LogP contribution in [0, 0.1) is 0 Å². The molecule has 1 aliphatic rings. The summed E-state index contributed by atoms with van der Waals surface area (Å²) >= 11 is 0. The van der Waals surface area contributed by atoms with Crippen LogP contribution >= 0.6 is 0 Å². The zero-order valence-electron chi connectivity index (χ0n) is 11.4. The first-order valence-electron chi connectivity index (χ1n) is 6.54. The van der Waals surface area contributed by atoms with Gasteiger partial charge in [0.1, 0.15) is 0 Å². The van der Waals surface area contributed by atoms with Crippen molar-refractivity contribution in [3.8, 4) is 0 Å². The highest BCUT2D eigenvalue weighted by molar-refractivity contribution is 5.78. The number of carbonyl (C=O) groups is 1. The summed E-state index contributed by atoms with van der Waals surface area (Å²) in [5.41, 5.74) is 7.20. The molecule has 0 saturated carbocycles. The van der Waals surface area contributed by atoms with Gasteiger partial charge in [0.05, 0.1) is 6.04 Å². The summed E-state index contributed by atoms with van der Waals surface area (Å²) in [5, 5.41) is 0. The maximum absolute atomic E-state index is 12.2. The molecule has 0 radical (unpaired) electrons. The summed E-state index contributed by atoms with van der Waals surface area (Å²) in [6, 6.07) is 10.1. The zero-order chi connectivity index (χ0) is 13.3. The molecule has 2 rings (SSSR count). The second-order valence-electron chi connectivity index (χ2n) is 5.99. The van der Waals surface area contributed by atoms with Gasteiger partial charge in [-0.05, 0) is 32.8 Å². The molecule has 1 heterocycles. The van der Waals surface area contributed by atoms with Gasteiger partial charge in [0.2, 0.25) is 5.91 Å². The van der Waals surface area contributed by atoms with E-state index in [9.17, 15) is 4.79 Å². The first-order chi connectivity index (χ1) is 8.41. The van der Waals surface area contributed by atoms with Crippen LogP contribution in [0.5, 0.6) is 0 Å². The lowest BCUT2D eigenvalue weighted by Gasteiger charge is -2.47. The van der Waals surface area contributed by atoms with Crippen LogP contribution in [0.15, 0.2) is 30.3 Å². The van der Waals surface area contributed by atoms with Crippen molar-refractivity contribution in [2.75, 3.05) is 0 Å². The zero-order valence-corrected chi connectivity index (χ0v) is 11.4. The van der Waals surface area contributed by atoms with Gasteiger partial charge in [-0.3, -0.25) is 4.79 Å². The highest BCUT2D eigenvalue weighted by atomic mass is 16.2. The van der Waals surface area contributed by atoms with E-state index in [4.69, 9.17) is 5.73 Å². The van der Waals surface area contributed by atoms with E-state index in [0.29, 0.717) is 6.42 Å². The number of hydrogen-bond donors (Lipinski definition) is 1. The monoisotopic (exact) mass is 246 g/mol. The first-order valence-corrected chi connectivity index (χ1v) is 6.54. The van der Waals surface area contributed by atoms with Crippen LogP contribution in [0.25, 0.3) is 0 Å². The van der Waals surface area contributed by atoms with E-state index >= 15 is 0 Å². The molecule has 1 aliphatic heterocycles. The molecule has 1 aromatic rings. The number of piperidine rings is 1. The molecule has 98 valence electrons. The molecule has 0 spiro atoms. The summed E-state index contributed by atoms with van der Waals surface area (Å²) in [7, 11) is 0. The number of carbonyl (C=O) groups excluding carboxylic acids is 1. The third kappa shape index (κ3) is 2.41. The van der Waals surface area contributed by atoms with Crippen molar-refractivity contribution >= 4 is 5.91 Å². The second kappa shape index (κ2) is 4.73. The molecule has 3 heteroatoms. The van der Waals surface area contributed by atoms with Gasteiger partial charge in [0.15, 0.2) is 0 Å². The SMILES string of the molecule is CC(C)(C)N1C(=O)CCC(N)C1c1ccccc1. The van der Waals surface area contributed by atoms with Crippen LogP contribution in [0.4, 0.5) is 0 Å². The van der Waals surface area contributed by atoms with E-state index in [-0.39, 0.29) is 23.5 Å². The standard InChI is InChI=1S/C15H22N2O/c1-15(2,3)17-13(18)10-9-12(16)14(17)11-7-5-4-6-8-11/h4-8,12,14H,9-10,16H2,1-3H3. The molecule has 0 aromatic heterocycles. The average molecular weight is 246 g/mol. The highest BCUT2D eigenvalue weighted by Crippen LogP contribution is 2.36.